The molecule has 3 N–H and O–H groups in total. The van der Waals surface area contributed by atoms with Crippen LogP contribution in [0.5, 0.6) is 0 Å². The molecule has 0 radical (unpaired) electrons. The van der Waals surface area contributed by atoms with Gasteiger partial charge < -0.3 is 11.1 Å². The predicted molar refractivity (Wildman–Crippen MR) is 81.1 cm³/mol. The Kier molecular flexibility index (Phi) is 5.56. The van der Waals surface area contributed by atoms with Crippen LogP contribution in [0.1, 0.15) is 25.3 Å². The standard InChI is InChI=1S/C16H25N3O/c1-13-6-5-9-19(15(13)10-17)12-16(20)18-11-14-7-3-2-4-8-14/h2-4,7-8,13,15H,5-6,9-12,17H2,1H3,(H,18,20). The summed E-state index contributed by atoms with van der Waals surface area (Å²) >= 11 is 0. The number of nitrogens with zero attached hydrogens (tertiary/aromatic N) is 1. The van der Waals surface area contributed by atoms with Crippen LogP contribution in [0.4, 0.5) is 0 Å². The van der Waals surface area contributed by atoms with Crippen molar-refractivity contribution in [2.75, 3.05) is 19.6 Å². The molecule has 0 aromatic heterocycles. The molecule has 1 heterocycles. The monoisotopic (exact) mass is 275 g/mol. The molecule has 110 valence electrons. The van der Waals surface area contributed by atoms with E-state index < -0.39 is 0 Å². The van der Waals surface area contributed by atoms with Gasteiger partial charge in [-0.2, -0.15) is 0 Å². The van der Waals surface area contributed by atoms with Crippen LogP contribution < -0.4 is 11.1 Å². The van der Waals surface area contributed by atoms with E-state index in [1.165, 1.54) is 6.42 Å². The summed E-state index contributed by atoms with van der Waals surface area (Å²) < 4.78 is 0. The Bertz CT molecular complexity index is 421. The van der Waals surface area contributed by atoms with Gasteiger partial charge in [-0.3, -0.25) is 9.69 Å². The van der Waals surface area contributed by atoms with Gasteiger partial charge in [0.15, 0.2) is 0 Å². The first-order valence-corrected chi connectivity index (χ1v) is 7.45. The fourth-order valence-corrected chi connectivity index (χ4v) is 2.95. The number of hydrogen-bond acceptors (Lipinski definition) is 3. The number of carbonyl (C=O) groups excluding carboxylic acids is 1. The zero-order valence-corrected chi connectivity index (χ0v) is 12.2. The largest absolute Gasteiger partial charge is 0.351 e. The number of benzene rings is 1. The van der Waals surface area contributed by atoms with Gasteiger partial charge in [0.1, 0.15) is 0 Å². The number of piperidine rings is 1. The van der Waals surface area contributed by atoms with Gasteiger partial charge in [-0.15, -0.1) is 0 Å². The lowest BCUT2D eigenvalue weighted by atomic mass is 9.91. The smallest absolute Gasteiger partial charge is 0.234 e. The molecule has 2 rings (SSSR count). The number of hydrogen-bond donors (Lipinski definition) is 2. The van der Waals surface area contributed by atoms with E-state index in [9.17, 15) is 4.79 Å². The minimum atomic E-state index is 0.0846. The van der Waals surface area contributed by atoms with E-state index in [2.05, 4.69) is 17.1 Å². The number of amides is 1. The Labute approximate surface area is 121 Å². The SMILES string of the molecule is CC1CCCN(CC(=O)NCc2ccccc2)C1CN. The molecule has 4 heteroatoms. The predicted octanol–water partition coefficient (Wildman–Crippen LogP) is 1.36. The van der Waals surface area contributed by atoms with Crippen LogP contribution in [0.3, 0.4) is 0 Å². The summed E-state index contributed by atoms with van der Waals surface area (Å²) in [6.07, 6.45) is 2.37. The number of nitrogens with one attached hydrogen (secondary N) is 1. The Morgan fingerprint density at radius 1 is 1.40 bits per heavy atom. The second-order valence-electron chi connectivity index (χ2n) is 5.66. The highest BCUT2D eigenvalue weighted by molar-refractivity contribution is 5.78. The average molecular weight is 275 g/mol. The Balaban J connectivity index is 1.81. The highest BCUT2D eigenvalue weighted by Crippen LogP contribution is 2.22. The maximum absolute atomic E-state index is 12.1. The lowest BCUT2D eigenvalue weighted by molar-refractivity contribution is -0.123. The summed E-state index contributed by atoms with van der Waals surface area (Å²) in [5.41, 5.74) is 6.98. The quantitative estimate of drug-likeness (QED) is 0.853. The van der Waals surface area contributed by atoms with Crippen molar-refractivity contribution in [3.05, 3.63) is 35.9 Å². The van der Waals surface area contributed by atoms with Crippen LogP contribution in [-0.2, 0) is 11.3 Å². The van der Waals surface area contributed by atoms with Crippen molar-refractivity contribution in [2.24, 2.45) is 11.7 Å². The molecule has 1 aromatic carbocycles. The molecular weight excluding hydrogens is 250 g/mol. The number of nitrogens with two attached hydrogens (primary N) is 1. The molecule has 1 saturated heterocycles. The van der Waals surface area contributed by atoms with Gasteiger partial charge in [0.25, 0.3) is 0 Å². The van der Waals surface area contributed by atoms with Crippen LogP contribution in [0.15, 0.2) is 30.3 Å². The van der Waals surface area contributed by atoms with Crippen molar-refractivity contribution >= 4 is 5.91 Å². The normalized spacial score (nSPS) is 23.5. The lowest BCUT2D eigenvalue weighted by Crippen LogP contribution is -2.51. The zero-order valence-electron chi connectivity index (χ0n) is 12.2. The van der Waals surface area contributed by atoms with Crippen molar-refractivity contribution in [1.29, 1.82) is 0 Å². The first-order chi connectivity index (χ1) is 9.70. The van der Waals surface area contributed by atoms with Crippen molar-refractivity contribution < 1.29 is 4.79 Å². The molecule has 0 bridgehead atoms. The number of rotatable bonds is 5. The fourth-order valence-electron chi connectivity index (χ4n) is 2.95. The second-order valence-corrected chi connectivity index (χ2v) is 5.66. The molecule has 1 aliphatic heterocycles. The van der Waals surface area contributed by atoms with E-state index in [1.54, 1.807) is 0 Å². The molecule has 1 aromatic rings. The molecular formula is C16H25N3O. The maximum Gasteiger partial charge on any atom is 0.234 e. The van der Waals surface area contributed by atoms with E-state index in [0.717, 1.165) is 18.5 Å². The molecule has 2 unspecified atom stereocenters. The van der Waals surface area contributed by atoms with Gasteiger partial charge in [-0.1, -0.05) is 37.3 Å². The van der Waals surface area contributed by atoms with E-state index >= 15 is 0 Å². The van der Waals surface area contributed by atoms with Crippen molar-refractivity contribution in [1.82, 2.24) is 10.2 Å². The minimum Gasteiger partial charge on any atom is -0.351 e. The summed E-state index contributed by atoms with van der Waals surface area (Å²) in [7, 11) is 0. The van der Waals surface area contributed by atoms with Gasteiger partial charge in [0, 0.05) is 19.1 Å². The van der Waals surface area contributed by atoms with Gasteiger partial charge in [-0.25, -0.2) is 0 Å². The van der Waals surface area contributed by atoms with Gasteiger partial charge in [0.05, 0.1) is 6.54 Å². The second kappa shape index (κ2) is 7.41. The van der Waals surface area contributed by atoms with Crippen LogP contribution in [0, 0.1) is 5.92 Å². The first-order valence-electron chi connectivity index (χ1n) is 7.45. The van der Waals surface area contributed by atoms with Gasteiger partial charge in [0.2, 0.25) is 5.91 Å². The highest BCUT2D eigenvalue weighted by atomic mass is 16.2. The molecule has 0 spiro atoms. The minimum absolute atomic E-state index is 0.0846. The van der Waals surface area contributed by atoms with Crippen molar-refractivity contribution in [2.45, 2.75) is 32.4 Å². The number of likely N-dealkylation sites (tertiary alicyclic amines) is 1. The molecule has 1 aliphatic rings. The van der Waals surface area contributed by atoms with E-state index in [-0.39, 0.29) is 5.91 Å². The molecule has 0 saturated carbocycles. The molecule has 1 fully saturated rings. The third-order valence-electron chi connectivity index (χ3n) is 4.15. The summed E-state index contributed by atoms with van der Waals surface area (Å²) in [5, 5.41) is 2.98. The topological polar surface area (TPSA) is 58.4 Å². The summed E-state index contributed by atoms with van der Waals surface area (Å²) in [5.74, 6) is 0.664. The Hall–Kier alpha value is -1.39. The molecule has 20 heavy (non-hydrogen) atoms. The Morgan fingerprint density at radius 3 is 2.85 bits per heavy atom. The van der Waals surface area contributed by atoms with E-state index in [1.807, 2.05) is 30.3 Å². The first kappa shape index (κ1) is 15.0. The number of carbonyl (C=O) groups is 1. The van der Waals surface area contributed by atoms with Crippen LogP contribution in [0.25, 0.3) is 0 Å². The summed E-state index contributed by atoms with van der Waals surface area (Å²) in [4.78, 5) is 14.3. The maximum atomic E-state index is 12.1. The van der Waals surface area contributed by atoms with Crippen LogP contribution in [-0.4, -0.2) is 36.5 Å². The summed E-state index contributed by atoms with van der Waals surface area (Å²) in [6.45, 7) is 4.89. The fraction of sp³-hybridized carbons (Fsp3) is 0.562. The third kappa shape index (κ3) is 4.05. The summed E-state index contributed by atoms with van der Waals surface area (Å²) in [6, 6.07) is 10.3. The molecule has 4 nitrogen and oxygen atoms in total. The van der Waals surface area contributed by atoms with Crippen molar-refractivity contribution in [3.63, 3.8) is 0 Å². The third-order valence-corrected chi connectivity index (χ3v) is 4.15. The average Bonchev–Trinajstić information content (AvgIpc) is 2.46. The lowest BCUT2D eigenvalue weighted by Gasteiger charge is -2.38. The van der Waals surface area contributed by atoms with Gasteiger partial charge >= 0.3 is 0 Å². The highest BCUT2D eigenvalue weighted by Gasteiger charge is 2.28. The van der Waals surface area contributed by atoms with E-state index in [0.29, 0.717) is 31.6 Å². The van der Waals surface area contributed by atoms with Gasteiger partial charge in [-0.05, 0) is 30.9 Å². The zero-order chi connectivity index (χ0) is 14.4. The molecule has 1 amide bonds. The van der Waals surface area contributed by atoms with Crippen LogP contribution >= 0.6 is 0 Å². The van der Waals surface area contributed by atoms with Crippen molar-refractivity contribution in [3.8, 4) is 0 Å². The molecule has 2 atom stereocenters. The van der Waals surface area contributed by atoms with Crippen LogP contribution in [0.2, 0.25) is 0 Å². The Morgan fingerprint density at radius 2 is 2.15 bits per heavy atom. The van der Waals surface area contributed by atoms with E-state index in [4.69, 9.17) is 5.73 Å². The molecule has 0 aliphatic carbocycles.